The molecule has 0 amide bonds. The summed E-state index contributed by atoms with van der Waals surface area (Å²) >= 11 is 0.377. The fraction of sp³-hybridized carbons (Fsp3) is 1.00. The Morgan fingerprint density at radius 1 is 0.750 bits per heavy atom. The van der Waals surface area contributed by atoms with Crippen LogP contribution in [0.4, 0.5) is 0 Å². The van der Waals surface area contributed by atoms with Crippen molar-refractivity contribution in [1.82, 2.24) is 0 Å². The number of unbranched alkanes of at least 4 members (excludes halogenated alkanes) is 4. The first-order chi connectivity index (χ1) is 5.41. The molecular formula is C10H23BrMg. The quantitative estimate of drug-likeness (QED) is 0.438. The van der Waals surface area contributed by atoms with E-state index in [-0.39, 0.29) is 17.0 Å². The summed E-state index contributed by atoms with van der Waals surface area (Å²) < 4.78 is 3.19. The zero-order chi connectivity index (χ0) is 8.36. The van der Waals surface area contributed by atoms with Crippen LogP contribution in [0.3, 0.4) is 0 Å². The third kappa shape index (κ3) is 13.8. The average molecular weight is 248 g/mol. The average Bonchev–Trinajstić information content (AvgIpc) is 2.03. The van der Waals surface area contributed by atoms with E-state index in [2.05, 4.69) is 13.8 Å². The highest BCUT2D eigenvalue weighted by molar-refractivity contribution is 8.93. The molecule has 0 nitrogen and oxygen atoms in total. The lowest BCUT2D eigenvalue weighted by Gasteiger charge is -1.97. The first-order valence-electron chi connectivity index (χ1n) is 5.41. The molecule has 0 aromatic heterocycles. The molecule has 0 N–H and O–H groups in total. The van der Waals surface area contributed by atoms with E-state index in [9.17, 15) is 0 Å². The lowest BCUT2D eigenvalue weighted by molar-refractivity contribution is 0.655. The van der Waals surface area contributed by atoms with E-state index in [1.807, 2.05) is 0 Å². The van der Waals surface area contributed by atoms with Gasteiger partial charge in [-0.3, -0.25) is 0 Å². The monoisotopic (exact) mass is 246 g/mol. The third-order valence-electron chi connectivity index (χ3n) is 2.21. The van der Waals surface area contributed by atoms with Crippen molar-refractivity contribution in [2.45, 2.75) is 61.5 Å². The van der Waals surface area contributed by atoms with Crippen molar-refractivity contribution < 1.29 is 0 Å². The van der Waals surface area contributed by atoms with Crippen LogP contribution in [0.1, 0.15) is 52.4 Å². The van der Waals surface area contributed by atoms with Crippen LogP contribution in [0.25, 0.3) is 0 Å². The van der Waals surface area contributed by atoms with Gasteiger partial charge in [0.1, 0.15) is 0 Å². The molecule has 0 bridgehead atoms. The molecule has 0 rings (SSSR count). The van der Waals surface area contributed by atoms with Gasteiger partial charge in [-0.05, 0) is 0 Å². The van der Waals surface area contributed by atoms with Crippen molar-refractivity contribution in [2.75, 3.05) is 0 Å². The molecule has 12 heavy (non-hydrogen) atoms. The van der Waals surface area contributed by atoms with Gasteiger partial charge >= 0.3 is 20.4 Å². The Labute approximate surface area is 98.4 Å². The minimum Gasteiger partial charge on any atom is -0.146 e. The topological polar surface area (TPSA) is 0 Å². The van der Waals surface area contributed by atoms with E-state index >= 15 is 0 Å². The van der Waals surface area contributed by atoms with Crippen molar-refractivity contribution >= 4 is 37.3 Å². The molecule has 0 fully saturated rings. The second-order valence-corrected chi connectivity index (χ2v) is 5.60. The summed E-state index contributed by atoms with van der Waals surface area (Å²) in [6.45, 7) is 4.59. The molecule has 0 spiro atoms. The molecule has 0 heterocycles. The molecule has 0 saturated heterocycles. The maximum atomic E-state index is 2.31. The van der Waals surface area contributed by atoms with Crippen LogP contribution in [-0.4, -0.2) is 20.4 Å². The molecular weight excluding hydrogens is 224 g/mol. The second kappa shape index (κ2) is 14.8. The van der Waals surface area contributed by atoms with Gasteiger partial charge in [-0.15, -0.1) is 26.1 Å². The van der Waals surface area contributed by atoms with Crippen LogP contribution in [-0.2, 0) is 0 Å². The van der Waals surface area contributed by atoms with Crippen molar-refractivity contribution in [1.29, 1.82) is 0 Å². The fourth-order valence-electron chi connectivity index (χ4n) is 1.38. The number of hydrogen-bond donors (Lipinski definition) is 0. The summed E-state index contributed by atoms with van der Waals surface area (Å²) in [5, 5.41) is 0. The highest BCUT2D eigenvalue weighted by Crippen LogP contribution is 2.05. The minimum atomic E-state index is 0. The Kier molecular flexibility index (Phi) is 19.3. The summed E-state index contributed by atoms with van der Waals surface area (Å²) in [7, 11) is 0. The zero-order valence-corrected chi connectivity index (χ0v) is 11.9. The summed E-state index contributed by atoms with van der Waals surface area (Å²) in [4.78, 5) is 0. The van der Waals surface area contributed by atoms with Crippen molar-refractivity contribution in [3.05, 3.63) is 0 Å². The van der Waals surface area contributed by atoms with E-state index in [1.54, 1.807) is 9.10 Å². The first kappa shape index (κ1) is 15.7. The standard InChI is InChI=1S/C7H15.C3H7.BrH.Mg/c1-3-5-7-6-4-2;1-3-2;;/h1,3-7H2,2H3;1,3H2,2H3;1H;. The largest absolute Gasteiger partial charge is 0.364 e. The summed E-state index contributed by atoms with van der Waals surface area (Å²) in [5.74, 6) is 0. The fourth-order valence-corrected chi connectivity index (χ4v) is 2.94. The molecule has 0 atom stereocenters. The maximum absolute atomic E-state index is 2.31. The van der Waals surface area contributed by atoms with E-state index in [0.29, 0.717) is 20.4 Å². The third-order valence-corrected chi connectivity index (χ3v) is 4.41. The predicted octanol–water partition coefficient (Wildman–Crippen LogP) is 4.49. The van der Waals surface area contributed by atoms with Crippen molar-refractivity contribution in [3.63, 3.8) is 0 Å². The van der Waals surface area contributed by atoms with Crippen LogP contribution < -0.4 is 0 Å². The van der Waals surface area contributed by atoms with Gasteiger partial charge in [-0.1, -0.05) is 52.4 Å². The van der Waals surface area contributed by atoms with Crippen LogP contribution in [0.15, 0.2) is 0 Å². The van der Waals surface area contributed by atoms with Gasteiger partial charge in [0.2, 0.25) is 0 Å². The van der Waals surface area contributed by atoms with E-state index in [4.69, 9.17) is 0 Å². The Bertz CT molecular complexity index is 58.9. The zero-order valence-electron chi connectivity index (χ0n) is 8.77. The molecule has 0 unspecified atom stereocenters. The number of halogens is 1. The van der Waals surface area contributed by atoms with Crippen molar-refractivity contribution in [3.8, 4) is 0 Å². The number of rotatable bonds is 8. The van der Waals surface area contributed by atoms with Crippen LogP contribution in [0.5, 0.6) is 0 Å². The first-order valence-corrected chi connectivity index (χ1v) is 7.41. The lowest BCUT2D eigenvalue weighted by Crippen LogP contribution is -1.87. The van der Waals surface area contributed by atoms with Gasteiger partial charge in [0.05, 0.1) is 0 Å². The molecule has 72 valence electrons. The predicted molar refractivity (Wildman–Crippen MR) is 64.7 cm³/mol. The molecule has 0 aromatic carbocycles. The molecule has 0 radical (unpaired) electrons. The van der Waals surface area contributed by atoms with Crippen LogP contribution in [0, 0.1) is 0 Å². The Morgan fingerprint density at radius 2 is 1.42 bits per heavy atom. The Hall–Kier alpha value is 1.25. The minimum absolute atomic E-state index is 0. The number of hydrogen-bond acceptors (Lipinski definition) is 0. The Balaban J connectivity index is 0. The van der Waals surface area contributed by atoms with Gasteiger partial charge in [0, 0.05) is 0 Å². The molecule has 0 aliphatic heterocycles. The van der Waals surface area contributed by atoms with Gasteiger partial charge in [0.25, 0.3) is 0 Å². The smallest absolute Gasteiger partial charge is 0.146 e. The summed E-state index contributed by atoms with van der Waals surface area (Å²) in [5.41, 5.74) is 0. The SMILES string of the molecule is Br.CCCCCC[CH2][Mg][CH2]CC. The van der Waals surface area contributed by atoms with E-state index < -0.39 is 0 Å². The van der Waals surface area contributed by atoms with Gasteiger partial charge in [-0.25, -0.2) is 0 Å². The van der Waals surface area contributed by atoms with Gasteiger partial charge in [-0.2, -0.15) is 0 Å². The summed E-state index contributed by atoms with van der Waals surface area (Å²) in [6.07, 6.45) is 8.79. The van der Waals surface area contributed by atoms with E-state index in [0.717, 1.165) is 0 Å². The normalized spacial score (nSPS) is 8.83. The molecule has 0 aliphatic carbocycles. The Morgan fingerprint density at radius 3 is 2.00 bits per heavy atom. The van der Waals surface area contributed by atoms with Gasteiger partial charge in [0.15, 0.2) is 0 Å². The highest BCUT2D eigenvalue weighted by atomic mass is 79.9. The van der Waals surface area contributed by atoms with Crippen LogP contribution >= 0.6 is 17.0 Å². The van der Waals surface area contributed by atoms with E-state index in [1.165, 1.54) is 38.5 Å². The molecule has 0 aliphatic rings. The maximum Gasteiger partial charge on any atom is 0.364 e. The molecule has 0 aromatic rings. The lowest BCUT2D eigenvalue weighted by atomic mass is 10.2. The van der Waals surface area contributed by atoms with Crippen LogP contribution in [0.2, 0.25) is 9.10 Å². The highest BCUT2D eigenvalue weighted by Gasteiger charge is 1.93. The molecule has 2 heteroatoms. The van der Waals surface area contributed by atoms with Gasteiger partial charge < -0.3 is 0 Å². The summed E-state index contributed by atoms with van der Waals surface area (Å²) in [6, 6.07) is 0. The van der Waals surface area contributed by atoms with Crippen molar-refractivity contribution in [2.24, 2.45) is 0 Å². The second-order valence-electron chi connectivity index (χ2n) is 3.47. The molecule has 0 saturated carbocycles.